The molecule has 4 atom stereocenters. The SMILES string of the molecule is O[C@@]12Cc3cc4ccc5ccccc5c4nc3[C@@H]3Oc4cccc5c4[C@@]31CCN(CC1CC1)[C@@H]2C5. The highest BCUT2D eigenvalue weighted by Crippen LogP contribution is 2.67. The molecule has 0 amide bonds. The van der Waals surface area contributed by atoms with Crippen molar-refractivity contribution in [1.82, 2.24) is 9.88 Å². The molecule has 5 aliphatic rings. The Hall–Kier alpha value is -2.95. The molecule has 2 bridgehead atoms. The molecule has 4 aromatic rings. The van der Waals surface area contributed by atoms with Crippen LogP contribution in [0.5, 0.6) is 5.75 Å². The Kier molecular flexibility index (Phi) is 3.43. The van der Waals surface area contributed by atoms with Gasteiger partial charge in [-0.1, -0.05) is 48.5 Å². The third kappa shape index (κ3) is 2.24. The fourth-order valence-electron chi connectivity index (χ4n) is 8.25. The molecule has 4 nitrogen and oxygen atoms in total. The quantitative estimate of drug-likeness (QED) is 0.424. The first-order chi connectivity index (χ1) is 17.2. The fraction of sp³-hybridized carbons (Fsp3) is 0.387. The van der Waals surface area contributed by atoms with Crippen molar-refractivity contribution in [3.05, 3.63) is 83.0 Å². The van der Waals surface area contributed by atoms with E-state index in [1.807, 2.05) is 0 Å². The van der Waals surface area contributed by atoms with Gasteiger partial charge in [-0.15, -0.1) is 0 Å². The number of pyridine rings is 1. The average Bonchev–Trinajstić information content (AvgIpc) is 3.62. The van der Waals surface area contributed by atoms with Crippen molar-refractivity contribution in [2.45, 2.75) is 55.3 Å². The number of hydrogen-bond acceptors (Lipinski definition) is 4. The summed E-state index contributed by atoms with van der Waals surface area (Å²) >= 11 is 0. The number of benzene rings is 3. The highest BCUT2D eigenvalue weighted by atomic mass is 16.5. The first-order valence-corrected chi connectivity index (χ1v) is 13.2. The number of rotatable bonds is 2. The third-order valence-electron chi connectivity index (χ3n) is 9.94. The Balaban J connectivity index is 1.32. The second-order valence-electron chi connectivity index (χ2n) is 11.7. The summed E-state index contributed by atoms with van der Waals surface area (Å²) in [6.45, 7) is 2.15. The largest absolute Gasteiger partial charge is 0.483 e. The van der Waals surface area contributed by atoms with E-state index in [0.717, 1.165) is 59.8 Å². The topological polar surface area (TPSA) is 45.6 Å². The summed E-state index contributed by atoms with van der Waals surface area (Å²) in [5.41, 5.74) is 4.63. The lowest BCUT2D eigenvalue weighted by molar-refractivity contribution is -0.173. The van der Waals surface area contributed by atoms with E-state index in [1.165, 1.54) is 34.7 Å². The molecule has 3 aromatic carbocycles. The number of piperidine rings is 1. The van der Waals surface area contributed by atoms with Gasteiger partial charge in [0.1, 0.15) is 5.75 Å². The summed E-state index contributed by atoms with van der Waals surface area (Å²) in [5, 5.41) is 16.4. The smallest absolute Gasteiger partial charge is 0.153 e. The van der Waals surface area contributed by atoms with Crippen molar-refractivity contribution in [2.75, 3.05) is 13.1 Å². The predicted octanol–water partition coefficient (Wildman–Crippen LogP) is 5.09. The lowest BCUT2D eigenvalue weighted by atomic mass is 9.49. The highest BCUT2D eigenvalue weighted by molar-refractivity contribution is 6.05. The van der Waals surface area contributed by atoms with Gasteiger partial charge < -0.3 is 9.84 Å². The fourth-order valence-corrected chi connectivity index (χ4v) is 8.25. The van der Waals surface area contributed by atoms with E-state index in [1.54, 1.807) is 0 Å². The number of fused-ring (bicyclic) bond motifs is 5. The van der Waals surface area contributed by atoms with E-state index in [2.05, 4.69) is 65.6 Å². The van der Waals surface area contributed by atoms with E-state index in [0.29, 0.717) is 6.42 Å². The summed E-state index contributed by atoms with van der Waals surface area (Å²) in [4.78, 5) is 7.98. The van der Waals surface area contributed by atoms with E-state index < -0.39 is 11.0 Å². The molecule has 9 rings (SSSR count). The molecule has 35 heavy (non-hydrogen) atoms. The maximum absolute atomic E-state index is 12.9. The van der Waals surface area contributed by atoms with Gasteiger partial charge in [-0.05, 0) is 66.8 Å². The van der Waals surface area contributed by atoms with Crippen molar-refractivity contribution in [3.63, 3.8) is 0 Å². The lowest BCUT2D eigenvalue weighted by Gasteiger charge is -2.63. The van der Waals surface area contributed by atoms with Gasteiger partial charge in [-0.2, -0.15) is 0 Å². The molecule has 4 heteroatoms. The monoisotopic (exact) mass is 460 g/mol. The van der Waals surface area contributed by atoms with Crippen LogP contribution in [0.2, 0.25) is 0 Å². The van der Waals surface area contributed by atoms with E-state index in [4.69, 9.17) is 9.72 Å². The van der Waals surface area contributed by atoms with Crippen molar-refractivity contribution in [1.29, 1.82) is 0 Å². The zero-order valence-electron chi connectivity index (χ0n) is 19.7. The van der Waals surface area contributed by atoms with Gasteiger partial charge >= 0.3 is 0 Å². The zero-order valence-corrected chi connectivity index (χ0v) is 19.7. The number of aromatic nitrogens is 1. The summed E-state index contributed by atoms with van der Waals surface area (Å²) in [5.74, 6) is 1.78. The first-order valence-electron chi connectivity index (χ1n) is 13.2. The Labute approximate surface area is 204 Å². The molecule has 1 spiro atoms. The van der Waals surface area contributed by atoms with Crippen LogP contribution < -0.4 is 4.74 Å². The summed E-state index contributed by atoms with van der Waals surface area (Å²) in [7, 11) is 0. The minimum absolute atomic E-state index is 0.129. The van der Waals surface area contributed by atoms with Gasteiger partial charge in [0.15, 0.2) is 6.10 Å². The van der Waals surface area contributed by atoms with Gasteiger partial charge in [0.25, 0.3) is 0 Å². The molecular formula is C31H28N2O2. The number of hydrogen-bond donors (Lipinski definition) is 1. The molecule has 3 heterocycles. The molecular weight excluding hydrogens is 432 g/mol. The van der Waals surface area contributed by atoms with Gasteiger partial charge in [-0.3, -0.25) is 4.90 Å². The van der Waals surface area contributed by atoms with E-state index in [9.17, 15) is 5.11 Å². The standard InChI is InChI=1S/C31H28N2O2/c34-31-16-22-14-21-11-10-19-4-1-2-6-23(19)27(21)32-28(22)29-30(31)12-13-33(17-18-8-9-18)25(31)15-20-5-3-7-24(35-29)26(20)30/h1-7,10-11,14,18,25,29,34H,8-9,12-13,15-17H2/t25-,29+,30+,31-/m1/s1. The Morgan fingerprint density at radius 1 is 1.00 bits per heavy atom. The molecule has 3 aliphatic carbocycles. The molecule has 2 fully saturated rings. The van der Waals surface area contributed by atoms with Crippen LogP contribution in [0, 0.1) is 5.92 Å². The van der Waals surface area contributed by atoms with Crippen molar-refractivity contribution in [2.24, 2.45) is 5.92 Å². The van der Waals surface area contributed by atoms with Crippen LogP contribution in [0.4, 0.5) is 0 Å². The number of likely N-dealkylation sites (tertiary alicyclic amines) is 1. The maximum atomic E-state index is 12.9. The number of nitrogens with zero attached hydrogens (tertiary/aromatic N) is 2. The second kappa shape index (κ2) is 6.24. The van der Waals surface area contributed by atoms with Crippen LogP contribution >= 0.6 is 0 Å². The van der Waals surface area contributed by atoms with Crippen LogP contribution in [-0.2, 0) is 18.3 Å². The summed E-state index contributed by atoms with van der Waals surface area (Å²) in [6, 6.07) is 21.8. The zero-order chi connectivity index (χ0) is 22.9. The molecule has 2 aliphatic heterocycles. The van der Waals surface area contributed by atoms with Crippen LogP contribution in [0.1, 0.15) is 47.8 Å². The Morgan fingerprint density at radius 2 is 1.89 bits per heavy atom. The number of aliphatic hydroxyl groups is 1. The Bertz CT molecular complexity index is 1580. The molecule has 1 N–H and O–H groups in total. The predicted molar refractivity (Wildman–Crippen MR) is 136 cm³/mol. The van der Waals surface area contributed by atoms with Crippen LogP contribution in [-0.4, -0.2) is 39.7 Å². The average molecular weight is 461 g/mol. The molecule has 0 unspecified atom stereocenters. The second-order valence-corrected chi connectivity index (χ2v) is 11.7. The molecule has 0 radical (unpaired) electrons. The van der Waals surface area contributed by atoms with Gasteiger partial charge in [0.2, 0.25) is 0 Å². The van der Waals surface area contributed by atoms with Crippen LogP contribution in [0.3, 0.4) is 0 Å². The maximum Gasteiger partial charge on any atom is 0.153 e. The minimum atomic E-state index is -0.844. The Morgan fingerprint density at radius 3 is 2.80 bits per heavy atom. The van der Waals surface area contributed by atoms with Crippen LogP contribution in [0.25, 0.3) is 21.7 Å². The third-order valence-corrected chi connectivity index (χ3v) is 9.94. The molecule has 1 saturated carbocycles. The molecule has 1 aromatic heterocycles. The normalized spacial score (nSPS) is 32.4. The van der Waals surface area contributed by atoms with E-state index >= 15 is 0 Å². The van der Waals surface area contributed by atoms with Gasteiger partial charge in [0, 0.05) is 35.3 Å². The van der Waals surface area contributed by atoms with Gasteiger partial charge in [0.05, 0.1) is 22.2 Å². The van der Waals surface area contributed by atoms with Crippen molar-refractivity contribution in [3.8, 4) is 5.75 Å². The molecule has 1 saturated heterocycles. The van der Waals surface area contributed by atoms with Crippen molar-refractivity contribution < 1.29 is 9.84 Å². The van der Waals surface area contributed by atoms with Crippen LogP contribution in [0.15, 0.2) is 60.7 Å². The summed E-state index contributed by atoms with van der Waals surface area (Å²) < 4.78 is 6.82. The minimum Gasteiger partial charge on any atom is -0.483 e. The molecule has 174 valence electrons. The lowest BCUT2D eigenvalue weighted by Crippen LogP contribution is -2.74. The van der Waals surface area contributed by atoms with E-state index in [-0.39, 0.29) is 12.1 Å². The van der Waals surface area contributed by atoms with Gasteiger partial charge in [-0.25, -0.2) is 4.98 Å². The van der Waals surface area contributed by atoms with Crippen molar-refractivity contribution >= 4 is 21.7 Å². The summed E-state index contributed by atoms with van der Waals surface area (Å²) in [6.07, 6.45) is 4.93. The number of ether oxygens (including phenoxy) is 1. The highest BCUT2D eigenvalue weighted by Gasteiger charge is 2.72. The first kappa shape index (κ1) is 19.3.